The van der Waals surface area contributed by atoms with Gasteiger partial charge in [-0.2, -0.15) is 0 Å². The van der Waals surface area contributed by atoms with Crippen LogP contribution >= 0.6 is 11.6 Å². The molecule has 4 rings (SSSR count). The summed E-state index contributed by atoms with van der Waals surface area (Å²) < 4.78 is 33.0. The number of nitrogens with zero attached hydrogens (tertiary/aromatic N) is 2. The molecule has 0 saturated heterocycles. The van der Waals surface area contributed by atoms with Gasteiger partial charge in [0, 0.05) is 22.2 Å². The molecule has 1 N–H and O–H groups in total. The summed E-state index contributed by atoms with van der Waals surface area (Å²) >= 11 is 6.23. The second-order valence-electron chi connectivity index (χ2n) is 7.07. The Labute approximate surface area is 182 Å². The quantitative estimate of drug-likeness (QED) is 0.524. The van der Waals surface area contributed by atoms with Crippen molar-refractivity contribution in [2.75, 3.05) is 0 Å². The van der Waals surface area contributed by atoms with E-state index in [0.29, 0.717) is 22.9 Å². The largest absolute Gasteiger partial charge is 0.488 e. The Morgan fingerprint density at radius 1 is 1.06 bits per heavy atom. The molecular weight excluding hydrogens is 426 g/mol. The molecule has 1 aliphatic rings. The lowest BCUT2D eigenvalue weighted by molar-refractivity contribution is 0.0690. The molecule has 0 amide bonds. The van der Waals surface area contributed by atoms with E-state index in [9.17, 15) is 18.7 Å². The van der Waals surface area contributed by atoms with Gasteiger partial charge in [-0.15, -0.1) is 0 Å². The van der Waals surface area contributed by atoms with Crippen molar-refractivity contribution in [1.82, 2.24) is 9.97 Å². The van der Waals surface area contributed by atoms with Gasteiger partial charge in [-0.3, -0.25) is 0 Å². The van der Waals surface area contributed by atoms with E-state index >= 15 is 0 Å². The molecule has 8 heteroatoms. The Hall–Kier alpha value is -3.32. The maximum absolute atomic E-state index is 14.0. The Balaban J connectivity index is 1.71. The molecule has 5 nitrogen and oxygen atoms in total. The molecule has 31 heavy (non-hydrogen) atoms. The highest BCUT2D eigenvalue weighted by Crippen LogP contribution is 2.43. The summed E-state index contributed by atoms with van der Waals surface area (Å²) in [7, 11) is 0. The molecule has 0 spiro atoms. The van der Waals surface area contributed by atoms with Crippen molar-refractivity contribution >= 4 is 28.7 Å². The van der Waals surface area contributed by atoms with Gasteiger partial charge in [0.05, 0.1) is 5.69 Å². The van der Waals surface area contributed by atoms with Gasteiger partial charge in [-0.05, 0) is 66.8 Å². The Morgan fingerprint density at radius 2 is 1.87 bits per heavy atom. The number of carboxylic acid groups (broad SMARTS) is 1. The van der Waals surface area contributed by atoms with Gasteiger partial charge in [0.15, 0.2) is 5.69 Å². The van der Waals surface area contributed by atoms with Gasteiger partial charge in [0.25, 0.3) is 0 Å². The van der Waals surface area contributed by atoms with Crippen LogP contribution in [0.15, 0.2) is 48.8 Å². The van der Waals surface area contributed by atoms with E-state index in [-0.39, 0.29) is 17.9 Å². The topological polar surface area (TPSA) is 72.3 Å². The van der Waals surface area contributed by atoms with Crippen LogP contribution in [0.25, 0.3) is 11.1 Å². The third kappa shape index (κ3) is 4.56. The maximum atomic E-state index is 14.0. The van der Waals surface area contributed by atoms with Crippen molar-refractivity contribution in [3.05, 3.63) is 88.0 Å². The summed E-state index contributed by atoms with van der Waals surface area (Å²) in [4.78, 5) is 19.3. The molecular formula is C23H17ClF2N2O3. The summed E-state index contributed by atoms with van der Waals surface area (Å²) in [6.45, 7) is -0.0833. The first kappa shape index (κ1) is 20.9. The number of carboxylic acids is 1. The normalized spacial score (nSPS) is 13.5. The van der Waals surface area contributed by atoms with Crippen molar-refractivity contribution in [3.8, 4) is 5.75 Å². The predicted octanol–water partition coefficient (Wildman–Crippen LogP) is 5.78. The molecule has 2 aromatic carbocycles. The van der Waals surface area contributed by atoms with Crippen molar-refractivity contribution in [3.63, 3.8) is 0 Å². The highest BCUT2D eigenvalue weighted by atomic mass is 35.5. The average Bonchev–Trinajstić information content (AvgIpc) is 3.23. The van der Waals surface area contributed by atoms with E-state index in [2.05, 4.69) is 9.97 Å². The minimum Gasteiger partial charge on any atom is -0.488 e. The number of aromatic carboxylic acids is 1. The first-order valence-corrected chi connectivity index (χ1v) is 9.94. The number of rotatable bonds is 6. The van der Waals surface area contributed by atoms with Crippen LogP contribution in [-0.4, -0.2) is 21.0 Å². The zero-order valence-corrected chi connectivity index (χ0v) is 17.0. The van der Waals surface area contributed by atoms with Gasteiger partial charge < -0.3 is 9.84 Å². The number of hydrogen-bond donors (Lipinski definition) is 1. The fraction of sp³-hybridized carbons (Fsp3) is 0.174. The molecule has 0 bridgehead atoms. The van der Waals surface area contributed by atoms with Crippen molar-refractivity contribution in [1.29, 1.82) is 0 Å². The monoisotopic (exact) mass is 442 g/mol. The van der Waals surface area contributed by atoms with E-state index in [1.807, 2.05) is 0 Å². The summed E-state index contributed by atoms with van der Waals surface area (Å²) in [6, 6.07) is 9.91. The lowest BCUT2D eigenvalue weighted by Gasteiger charge is -2.15. The number of carbonyl (C=O) groups is 1. The lowest BCUT2D eigenvalue weighted by Crippen LogP contribution is -2.03. The first-order chi connectivity index (χ1) is 14.9. The second-order valence-corrected chi connectivity index (χ2v) is 7.51. The smallest absolute Gasteiger partial charge is 0.354 e. The highest BCUT2D eigenvalue weighted by molar-refractivity contribution is 6.30. The third-order valence-electron chi connectivity index (χ3n) is 5.08. The third-order valence-corrected chi connectivity index (χ3v) is 5.31. The Morgan fingerprint density at radius 3 is 2.65 bits per heavy atom. The fourth-order valence-corrected chi connectivity index (χ4v) is 3.79. The lowest BCUT2D eigenvalue weighted by atomic mass is 9.99. The number of aromatic nitrogens is 2. The Bertz CT molecular complexity index is 1200. The molecule has 0 unspecified atom stereocenters. The number of benzene rings is 2. The van der Waals surface area contributed by atoms with Gasteiger partial charge in [0.1, 0.15) is 30.3 Å². The standard InChI is InChI=1S/C23H17ClF2N2O3/c24-14-5-7-22(31-11-13-4-6-15(25)9-19(13)26)18(8-14)16-2-1-3-17(16)20-10-21(23(29)30)28-12-27-20/h4-10,12H,1-3,11H2,(H,29,30). The number of halogens is 3. The zero-order valence-electron chi connectivity index (χ0n) is 16.2. The van der Waals surface area contributed by atoms with E-state index in [4.69, 9.17) is 16.3 Å². The molecule has 0 aliphatic heterocycles. The molecule has 0 saturated carbocycles. The molecule has 0 radical (unpaired) electrons. The second kappa shape index (κ2) is 8.81. The Kier molecular flexibility index (Phi) is 5.95. The van der Waals surface area contributed by atoms with Crippen LogP contribution in [-0.2, 0) is 6.61 Å². The maximum Gasteiger partial charge on any atom is 0.354 e. The molecule has 0 atom stereocenters. The molecule has 1 aliphatic carbocycles. The van der Waals surface area contributed by atoms with Crippen molar-refractivity contribution in [2.45, 2.75) is 25.9 Å². The van der Waals surface area contributed by atoms with Gasteiger partial charge >= 0.3 is 5.97 Å². The van der Waals surface area contributed by atoms with E-state index in [1.54, 1.807) is 18.2 Å². The van der Waals surface area contributed by atoms with Crippen molar-refractivity contribution in [2.24, 2.45) is 0 Å². The summed E-state index contributed by atoms with van der Waals surface area (Å²) in [5.41, 5.74) is 3.24. The SMILES string of the molecule is O=C(O)c1cc(C2=C(c3cc(Cl)ccc3OCc3ccc(F)cc3F)CCC2)ncn1. The highest BCUT2D eigenvalue weighted by Gasteiger charge is 2.23. The molecule has 1 heterocycles. The van der Waals surface area contributed by atoms with Gasteiger partial charge in [-0.1, -0.05) is 11.6 Å². The molecule has 0 fully saturated rings. The van der Waals surface area contributed by atoms with Gasteiger partial charge in [0.2, 0.25) is 0 Å². The van der Waals surface area contributed by atoms with Gasteiger partial charge in [-0.25, -0.2) is 23.5 Å². The van der Waals surface area contributed by atoms with Crippen molar-refractivity contribution < 1.29 is 23.4 Å². The minimum atomic E-state index is -1.13. The van der Waals surface area contributed by atoms with Crippen LogP contribution in [0, 0.1) is 11.6 Å². The number of allylic oxidation sites excluding steroid dienone is 2. The zero-order chi connectivity index (χ0) is 22.0. The van der Waals surface area contributed by atoms with Crippen LogP contribution in [0.5, 0.6) is 5.75 Å². The van der Waals surface area contributed by atoms with Crippen LogP contribution < -0.4 is 4.74 Å². The minimum absolute atomic E-state index is 0.0833. The summed E-state index contributed by atoms with van der Waals surface area (Å²) in [5.74, 6) is -1.97. The van der Waals surface area contributed by atoms with Crippen LogP contribution in [0.1, 0.15) is 46.6 Å². The number of ether oxygens (including phenoxy) is 1. The summed E-state index contributed by atoms with van der Waals surface area (Å²) in [5, 5.41) is 9.74. The van der Waals surface area contributed by atoms with E-state index in [1.165, 1.54) is 24.5 Å². The average molecular weight is 443 g/mol. The van der Waals surface area contributed by atoms with Crippen LogP contribution in [0.4, 0.5) is 8.78 Å². The van der Waals surface area contributed by atoms with Crippen LogP contribution in [0.2, 0.25) is 5.02 Å². The molecule has 1 aromatic heterocycles. The van der Waals surface area contributed by atoms with E-state index in [0.717, 1.165) is 35.6 Å². The van der Waals surface area contributed by atoms with E-state index < -0.39 is 17.6 Å². The summed E-state index contributed by atoms with van der Waals surface area (Å²) in [6.07, 6.45) is 3.53. The fourth-order valence-electron chi connectivity index (χ4n) is 3.62. The predicted molar refractivity (Wildman–Crippen MR) is 112 cm³/mol. The number of hydrogen-bond acceptors (Lipinski definition) is 4. The van der Waals surface area contributed by atoms with Crippen LogP contribution in [0.3, 0.4) is 0 Å². The molecule has 158 valence electrons. The molecule has 3 aromatic rings. The first-order valence-electron chi connectivity index (χ1n) is 9.57.